The molecule has 0 aliphatic carbocycles. The molecule has 1 aromatic carbocycles. The highest BCUT2D eigenvalue weighted by Gasteiger charge is 2.17. The van der Waals surface area contributed by atoms with Gasteiger partial charge in [0, 0.05) is 18.8 Å². The zero-order chi connectivity index (χ0) is 18.7. The number of H-pyrrole nitrogens is 1. The molecule has 0 aliphatic rings. The van der Waals surface area contributed by atoms with Crippen LogP contribution in [0, 0.1) is 6.92 Å². The summed E-state index contributed by atoms with van der Waals surface area (Å²) in [7, 11) is 0. The van der Waals surface area contributed by atoms with Crippen LogP contribution in [0.4, 0.5) is 0 Å². The SMILES string of the molecule is CCN(CC)C(=O)CSc1nc2cc(C)[nH]c2c(=O)n1-c1ccccc1. The Morgan fingerprint density at radius 1 is 1.23 bits per heavy atom. The van der Waals surface area contributed by atoms with Crippen LogP contribution in [0.25, 0.3) is 16.7 Å². The van der Waals surface area contributed by atoms with Gasteiger partial charge in [0.05, 0.1) is 17.0 Å². The maximum Gasteiger partial charge on any atom is 0.283 e. The number of aryl methyl sites for hydroxylation is 1. The van der Waals surface area contributed by atoms with E-state index in [4.69, 9.17) is 0 Å². The monoisotopic (exact) mass is 370 g/mol. The first-order valence-electron chi connectivity index (χ1n) is 8.63. The van der Waals surface area contributed by atoms with Gasteiger partial charge in [-0.15, -0.1) is 0 Å². The van der Waals surface area contributed by atoms with E-state index in [0.717, 1.165) is 11.4 Å². The molecule has 1 amide bonds. The van der Waals surface area contributed by atoms with Gasteiger partial charge in [-0.25, -0.2) is 4.98 Å². The van der Waals surface area contributed by atoms with Crippen LogP contribution in [-0.2, 0) is 4.79 Å². The van der Waals surface area contributed by atoms with Crippen LogP contribution >= 0.6 is 11.8 Å². The molecule has 0 bridgehead atoms. The number of hydrogen-bond donors (Lipinski definition) is 1. The summed E-state index contributed by atoms with van der Waals surface area (Å²) in [6.07, 6.45) is 0. The Kier molecular flexibility index (Phi) is 5.46. The van der Waals surface area contributed by atoms with Gasteiger partial charge in [-0.1, -0.05) is 30.0 Å². The molecule has 1 N–H and O–H groups in total. The van der Waals surface area contributed by atoms with Crippen molar-refractivity contribution >= 4 is 28.7 Å². The molecule has 0 fully saturated rings. The molecule has 0 atom stereocenters. The Hall–Kier alpha value is -2.54. The normalized spacial score (nSPS) is 11.0. The Balaban J connectivity index is 2.05. The van der Waals surface area contributed by atoms with Gasteiger partial charge >= 0.3 is 0 Å². The smallest absolute Gasteiger partial charge is 0.283 e. The summed E-state index contributed by atoms with van der Waals surface area (Å²) in [6, 6.07) is 11.2. The second-order valence-corrected chi connectivity index (χ2v) is 6.88. The Labute approximate surface area is 156 Å². The second kappa shape index (κ2) is 7.78. The lowest BCUT2D eigenvalue weighted by atomic mass is 10.3. The number of nitrogens with zero attached hydrogens (tertiary/aromatic N) is 3. The summed E-state index contributed by atoms with van der Waals surface area (Å²) in [4.78, 5) is 34.9. The maximum absolute atomic E-state index is 13.0. The first-order chi connectivity index (χ1) is 12.5. The Morgan fingerprint density at radius 3 is 2.58 bits per heavy atom. The summed E-state index contributed by atoms with van der Waals surface area (Å²) in [5.74, 6) is 0.287. The minimum absolute atomic E-state index is 0.0409. The number of rotatable bonds is 6. The number of benzene rings is 1. The van der Waals surface area contributed by atoms with Gasteiger partial charge in [0.1, 0.15) is 5.52 Å². The molecule has 26 heavy (non-hydrogen) atoms. The number of carbonyl (C=O) groups excluding carboxylic acids is 1. The summed E-state index contributed by atoms with van der Waals surface area (Å²) >= 11 is 1.29. The third kappa shape index (κ3) is 3.53. The molecule has 0 saturated heterocycles. The fourth-order valence-electron chi connectivity index (χ4n) is 2.87. The van der Waals surface area contributed by atoms with E-state index in [9.17, 15) is 9.59 Å². The van der Waals surface area contributed by atoms with E-state index < -0.39 is 0 Å². The minimum atomic E-state index is -0.160. The van der Waals surface area contributed by atoms with Gasteiger partial charge in [-0.3, -0.25) is 14.2 Å². The van der Waals surface area contributed by atoms with E-state index in [1.54, 1.807) is 9.47 Å². The average molecular weight is 370 g/mol. The lowest BCUT2D eigenvalue weighted by Gasteiger charge is -2.18. The molecule has 0 radical (unpaired) electrons. The molecule has 0 unspecified atom stereocenters. The second-order valence-electron chi connectivity index (χ2n) is 5.94. The van der Waals surface area contributed by atoms with Crippen molar-refractivity contribution in [2.45, 2.75) is 25.9 Å². The van der Waals surface area contributed by atoms with E-state index in [0.29, 0.717) is 29.3 Å². The zero-order valence-electron chi connectivity index (χ0n) is 15.2. The largest absolute Gasteiger partial charge is 0.353 e. The van der Waals surface area contributed by atoms with E-state index in [1.165, 1.54) is 11.8 Å². The molecule has 136 valence electrons. The molecule has 0 spiro atoms. The molecule has 0 saturated carbocycles. The number of para-hydroxylation sites is 1. The number of aromatic amines is 1. The van der Waals surface area contributed by atoms with Crippen LogP contribution in [0.3, 0.4) is 0 Å². The number of amides is 1. The number of fused-ring (bicyclic) bond motifs is 1. The summed E-state index contributed by atoms with van der Waals surface area (Å²) < 4.78 is 1.57. The summed E-state index contributed by atoms with van der Waals surface area (Å²) in [6.45, 7) is 7.15. The average Bonchev–Trinajstić information content (AvgIpc) is 3.02. The van der Waals surface area contributed by atoms with E-state index in [1.807, 2.05) is 57.2 Å². The summed E-state index contributed by atoms with van der Waals surface area (Å²) in [5.41, 5.74) is 2.55. The van der Waals surface area contributed by atoms with Crippen molar-refractivity contribution in [2.24, 2.45) is 0 Å². The van der Waals surface area contributed by atoms with Gasteiger partial charge in [-0.2, -0.15) is 0 Å². The molecule has 7 heteroatoms. The van der Waals surface area contributed by atoms with Gasteiger partial charge in [0.25, 0.3) is 5.56 Å². The van der Waals surface area contributed by atoms with Gasteiger partial charge < -0.3 is 9.88 Å². The fourth-order valence-corrected chi connectivity index (χ4v) is 3.79. The van der Waals surface area contributed by atoms with Gasteiger partial charge in [0.15, 0.2) is 5.16 Å². The number of nitrogens with one attached hydrogen (secondary N) is 1. The standard InChI is InChI=1S/C19H22N4O2S/c1-4-22(5-2)16(24)12-26-19-21-15-11-13(3)20-17(15)18(25)23(19)14-9-7-6-8-10-14/h6-11,20H,4-5,12H2,1-3H3. The van der Waals surface area contributed by atoms with E-state index >= 15 is 0 Å². The molecule has 6 nitrogen and oxygen atoms in total. The first-order valence-corrected chi connectivity index (χ1v) is 9.62. The minimum Gasteiger partial charge on any atom is -0.353 e. The van der Waals surface area contributed by atoms with E-state index in [2.05, 4.69) is 9.97 Å². The maximum atomic E-state index is 13.0. The number of aromatic nitrogens is 3. The van der Waals surface area contributed by atoms with Gasteiger partial charge in [0.2, 0.25) is 5.91 Å². The number of thioether (sulfide) groups is 1. The third-order valence-electron chi connectivity index (χ3n) is 4.21. The zero-order valence-corrected chi connectivity index (χ0v) is 16.0. The fraction of sp³-hybridized carbons (Fsp3) is 0.316. The van der Waals surface area contributed by atoms with Crippen LogP contribution < -0.4 is 5.56 Å². The van der Waals surface area contributed by atoms with Crippen molar-refractivity contribution in [2.75, 3.05) is 18.8 Å². The predicted octanol–water partition coefficient (Wildman–Crippen LogP) is 2.98. The number of hydrogen-bond acceptors (Lipinski definition) is 4. The molecule has 2 heterocycles. The lowest BCUT2D eigenvalue weighted by molar-refractivity contribution is -0.127. The van der Waals surface area contributed by atoms with Crippen molar-refractivity contribution in [1.82, 2.24) is 19.4 Å². The highest BCUT2D eigenvalue weighted by Crippen LogP contribution is 2.22. The molecule has 3 aromatic rings. The number of carbonyl (C=O) groups is 1. The molecular formula is C19H22N4O2S. The Morgan fingerprint density at radius 2 is 1.92 bits per heavy atom. The van der Waals surface area contributed by atoms with Crippen LogP contribution in [0.15, 0.2) is 46.3 Å². The van der Waals surface area contributed by atoms with Crippen LogP contribution in [0.2, 0.25) is 0 Å². The molecular weight excluding hydrogens is 348 g/mol. The molecule has 2 aromatic heterocycles. The highest BCUT2D eigenvalue weighted by molar-refractivity contribution is 7.99. The van der Waals surface area contributed by atoms with Crippen LogP contribution in [-0.4, -0.2) is 44.2 Å². The molecule has 3 rings (SSSR count). The van der Waals surface area contributed by atoms with Crippen molar-refractivity contribution in [3.05, 3.63) is 52.4 Å². The first kappa shape index (κ1) is 18.3. The molecule has 0 aliphatic heterocycles. The predicted molar refractivity (Wildman–Crippen MR) is 105 cm³/mol. The van der Waals surface area contributed by atoms with Crippen LogP contribution in [0.1, 0.15) is 19.5 Å². The van der Waals surface area contributed by atoms with E-state index in [-0.39, 0.29) is 17.2 Å². The summed E-state index contributed by atoms with van der Waals surface area (Å²) in [5, 5.41) is 0.521. The lowest BCUT2D eigenvalue weighted by Crippen LogP contribution is -2.32. The van der Waals surface area contributed by atoms with Crippen molar-refractivity contribution < 1.29 is 4.79 Å². The quantitative estimate of drug-likeness (QED) is 0.535. The van der Waals surface area contributed by atoms with Gasteiger partial charge in [-0.05, 0) is 39.0 Å². The highest BCUT2D eigenvalue weighted by atomic mass is 32.2. The van der Waals surface area contributed by atoms with Crippen molar-refractivity contribution in [3.63, 3.8) is 0 Å². The van der Waals surface area contributed by atoms with Crippen LogP contribution in [0.5, 0.6) is 0 Å². The van der Waals surface area contributed by atoms with Crippen molar-refractivity contribution in [3.8, 4) is 5.69 Å². The van der Waals surface area contributed by atoms with Crippen molar-refractivity contribution in [1.29, 1.82) is 0 Å². The topological polar surface area (TPSA) is 71.0 Å². The third-order valence-corrected chi connectivity index (χ3v) is 5.13. The Bertz CT molecular complexity index is 974.